The normalized spacial score (nSPS) is 19.7. The lowest BCUT2D eigenvalue weighted by molar-refractivity contribution is 0.442. The van der Waals surface area contributed by atoms with E-state index >= 15 is 0 Å². The highest BCUT2D eigenvalue weighted by molar-refractivity contribution is 5.43. The number of rotatable bonds is 4. The van der Waals surface area contributed by atoms with E-state index < -0.39 is 0 Å². The molecule has 1 aromatic heterocycles. The Labute approximate surface area is 132 Å². The van der Waals surface area contributed by atoms with Crippen molar-refractivity contribution in [2.24, 2.45) is 5.92 Å². The van der Waals surface area contributed by atoms with E-state index in [2.05, 4.69) is 53.3 Å². The van der Waals surface area contributed by atoms with E-state index in [1.165, 1.54) is 18.4 Å². The predicted octanol–water partition coefficient (Wildman–Crippen LogP) is 3.89. The second kappa shape index (κ2) is 6.77. The molecule has 1 aliphatic heterocycles. The molecule has 0 radical (unpaired) electrons. The quantitative estimate of drug-likeness (QED) is 0.929. The van der Waals surface area contributed by atoms with E-state index in [1.807, 2.05) is 18.3 Å². The van der Waals surface area contributed by atoms with Crippen LogP contribution in [0.4, 0.5) is 11.8 Å². The minimum atomic E-state index is 0.226. The second-order valence-electron chi connectivity index (χ2n) is 6.21. The SMILES string of the molecule is CC1CCCN(c2nccc(NC(C)c3ccccc3)n2)C1. The lowest BCUT2D eigenvalue weighted by atomic mass is 10.0. The first-order chi connectivity index (χ1) is 10.7. The third-order valence-corrected chi connectivity index (χ3v) is 4.25. The molecule has 3 rings (SSSR count). The number of hydrogen-bond donors (Lipinski definition) is 1. The summed E-state index contributed by atoms with van der Waals surface area (Å²) in [5.41, 5.74) is 1.26. The molecule has 116 valence electrons. The zero-order chi connectivity index (χ0) is 15.4. The molecule has 2 heterocycles. The Balaban J connectivity index is 1.71. The van der Waals surface area contributed by atoms with Gasteiger partial charge >= 0.3 is 0 Å². The summed E-state index contributed by atoms with van der Waals surface area (Å²) in [6, 6.07) is 12.6. The average Bonchev–Trinajstić information content (AvgIpc) is 2.56. The van der Waals surface area contributed by atoms with Crippen LogP contribution in [-0.4, -0.2) is 23.1 Å². The van der Waals surface area contributed by atoms with Crippen molar-refractivity contribution in [3.8, 4) is 0 Å². The summed E-state index contributed by atoms with van der Waals surface area (Å²) in [6.07, 6.45) is 4.38. The number of nitrogens with zero attached hydrogens (tertiary/aromatic N) is 3. The maximum atomic E-state index is 4.70. The molecule has 0 saturated carbocycles. The molecule has 4 heteroatoms. The molecule has 1 fully saturated rings. The predicted molar refractivity (Wildman–Crippen MR) is 91.1 cm³/mol. The van der Waals surface area contributed by atoms with Gasteiger partial charge in [-0.2, -0.15) is 4.98 Å². The highest BCUT2D eigenvalue weighted by Crippen LogP contribution is 2.22. The van der Waals surface area contributed by atoms with Crippen LogP contribution in [0.1, 0.15) is 38.3 Å². The third-order valence-electron chi connectivity index (χ3n) is 4.25. The van der Waals surface area contributed by atoms with E-state index in [-0.39, 0.29) is 6.04 Å². The van der Waals surface area contributed by atoms with Crippen LogP contribution in [0.25, 0.3) is 0 Å². The van der Waals surface area contributed by atoms with E-state index in [0.717, 1.165) is 30.8 Å². The number of aromatic nitrogens is 2. The number of hydrogen-bond acceptors (Lipinski definition) is 4. The van der Waals surface area contributed by atoms with Gasteiger partial charge in [0.15, 0.2) is 0 Å². The van der Waals surface area contributed by atoms with Crippen molar-refractivity contribution < 1.29 is 0 Å². The molecule has 2 aromatic rings. The fourth-order valence-corrected chi connectivity index (χ4v) is 3.00. The molecule has 1 aliphatic rings. The largest absolute Gasteiger partial charge is 0.363 e. The van der Waals surface area contributed by atoms with Gasteiger partial charge in [0.05, 0.1) is 0 Å². The van der Waals surface area contributed by atoms with Gasteiger partial charge in [0.25, 0.3) is 0 Å². The summed E-state index contributed by atoms with van der Waals surface area (Å²) >= 11 is 0. The summed E-state index contributed by atoms with van der Waals surface area (Å²) in [5, 5.41) is 3.47. The molecule has 4 nitrogen and oxygen atoms in total. The van der Waals surface area contributed by atoms with Crippen LogP contribution >= 0.6 is 0 Å². The first-order valence-electron chi connectivity index (χ1n) is 8.12. The Kier molecular flexibility index (Phi) is 4.56. The van der Waals surface area contributed by atoms with E-state index in [4.69, 9.17) is 4.98 Å². The van der Waals surface area contributed by atoms with Crippen molar-refractivity contribution in [1.29, 1.82) is 0 Å². The van der Waals surface area contributed by atoms with E-state index in [0.29, 0.717) is 0 Å². The number of benzene rings is 1. The summed E-state index contributed by atoms with van der Waals surface area (Å²) < 4.78 is 0. The van der Waals surface area contributed by atoms with Crippen LogP contribution in [0.3, 0.4) is 0 Å². The summed E-state index contributed by atoms with van der Waals surface area (Å²) in [7, 11) is 0. The highest BCUT2D eigenvalue weighted by Gasteiger charge is 2.18. The van der Waals surface area contributed by atoms with Crippen LogP contribution in [-0.2, 0) is 0 Å². The first kappa shape index (κ1) is 14.8. The van der Waals surface area contributed by atoms with Gasteiger partial charge < -0.3 is 10.2 Å². The molecule has 0 bridgehead atoms. The van der Waals surface area contributed by atoms with Crippen LogP contribution in [0, 0.1) is 5.92 Å². The Morgan fingerprint density at radius 2 is 2.05 bits per heavy atom. The summed E-state index contributed by atoms with van der Waals surface area (Å²) in [6.45, 7) is 6.56. The Morgan fingerprint density at radius 1 is 1.23 bits per heavy atom. The summed E-state index contributed by atoms with van der Waals surface area (Å²) in [4.78, 5) is 11.5. The third kappa shape index (κ3) is 3.56. The van der Waals surface area contributed by atoms with E-state index in [9.17, 15) is 0 Å². The van der Waals surface area contributed by atoms with Gasteiger partial charge in [0.1, 0.15) is 5.82 Å². The highest BCUT2D eigenvalue weighted by atomic mass is 15.3. The fourth-order valence-electron chi connectivity index (χ4n) is 3.00. The Bertz CT molecular complexity index is 599. The van der Waals surface area contributed by atoms with Crippen molar-refractivity contribution in [3.05, 3.63) is 48.2 Å². The lowest BCUT2D eigenvalue weighted by Crippen LogP contribution is -2.35. The van der Waals surface area contributed by atoms with Gasteiger partial charge in [-0.25, -0.2) is 4.98 Å². The molecule has 2 atom stereocenters. The molecule has 1 aromatic carbocycles. The molecule has 1 saturated heterocycles. The van der Waals surface area contributed by atoms with Crippen LogP contribution in [0.5, 0.6) is 0 Å². The molecular formula is C18H24N4. The first-order valence-corrected chi connectivity index (χ1v) is 8.12. The molecule has 0 amide bonds. The number of anilines is 2. The molecule has 0 spiro atoms. The van der Waals surface area contributed by atoms with Crippen molar-refractivity contribution in [2.45, 2.75) is 32.7 Å². The van der Waals surface area contributed by atoms with Crippen LogP contribution in [0.2, 0.25) is 0 Å². The maximum absolute atomic E-state index is 4.70. The zero-order valence-corrected chi connectivity index (χ0v) is 13.4. The van der Waals surface area contributed by atoms with Gasteiger partial charge in [0.2, 0.25) is 5.95 Å². The average molecular weight is 296 g/mol. The van der Waals surface area contributed by atoms with Crippen molar-refractivity contribution in [3.63, 3.8) is 0 Å². The minimum Gasteiger partial charge on any atom is -0.363 e. The minimum absolute atomic E-state index is 0.226. The fraction of sp³-hybridized carbons (Fsp3) is 0.444. The van der Waals surface area contributed by atoms with Crippen molar-refractivity contribution in [1.82, 2.24) is 9.97 Å². The van der Waals surface area contributed by atoms with Crippen LogP contribution < -0.4 is 10.2 Å². The number of nitrogens with one attached hydrogen (secondary N) is 1. The van der Waals surface area contributed by atoms with Crippen LogP contribution in [0.15, 0.2) is 42.6 Å². The van der Waals surface area contributed by atoms with Gasteiger partial charge in [-0.3, -0.25) is 0 Å². The van der Waals surface area contributed by atoms with Gasteiger partial charge in [0, 0.05) is 25.3 Å². The smallest absolute Gasteiger partial charge is 0.227 e. The molecule has 0 aliphatic carbocycles. The molecular weight excluding hydrogens is 272 g/mol. The zero-order valence-electron chi connectivity index (χ0n) is 13.4. The van der Waals surface area contributed by atoms with Gasteiger partial charge in [-0.15, -0.1) is 0 Å². The Hall–Kier alpha value is -2.10. The van der Waals surface area contributed by atoms with Crippen molar-refractivity contribution in [2.75, 3.05) is 23.3 Å². The monoisotopic (exact) mass is 296 g/mol. The second-order valence-corrected chi connectivity index (χ2v) is 6.21. The molecule has 1 N–H and O–H groups in total. The van der Waals surface area contributed by atoms with Gasteiger partial charge in [-0.05, 0) is 37.3 Å². The van der Waals surface area contributed by atoms with Gasteiger partial charge in [-0.1, -0.05) is 37.3 Å². The maximum Gasteiger partial charge on any atom is 0.227 e. The summed E-state index contributed by atoms with van der Waals surface area (Å²) in [5.74, 6) is 2.45. The standard InChI is InChI=1S/C18H24N4/c1-14-7-6-12-22(13-14)18-19-11-10-17(21-18)20-15(2)16-8-4-3-5-9-16/h3-5,8-11,14-15H,6-7,12-13H2,1-2H3,(H,19,20,21). The molecule has 2 unspecified atom stereocenters. The lowest BCUT2D eigenvalue weighted by Gasteiger charge is -2.31. The molecule has 22 heavy (non-hydrogen) atoms. The van der Waals surface area contributed by atoms with Crippen molar-refractivity contribution >= 4 is 11.8 Å². The number of piperidine rings is 1. The topological polar surface area (TPSA) is 41.1 Å². The Morgan fingerprint density at radius 3 is 2.82 bits per heavy atom. The van der Waals surface area contributed by atoms with E-state index in [1.54, 1.807) is 0 Å².